The summed E-state index contributed by atoms with van der Waals surface area (Å²) in [5, 5.41) is 8.99. The summed E-state index contributed by atoms with van der Waals surface area (Å²) in [4.78, 5) is 50.8. The topological polar surface area (TPSA) is 91.8 Å². The fourth-order valence-electron chi connectivity index (χ4n) is 3.51. The zero-order valence-electron chi connectivity index (χ0n) is 16.3. The quantitative estimate of drug-likeness (QED) is 0.528. The molecule has 0 saturated carbocycles. The molecule has 0 aliphatic carbocycles. The lowest BCUT2D eigenvalue weighted by molar-refractivity contribution is 0.0695. The Morgan fingerprint density at radius 3 is 2.03 bits per heavy atom. The first kappa shape index (κ1) is 19.3. The molecule has 0 spiro atoms. The lowest BCUT2D eigenvalue weighted by Gasteiger charge is -2.17. The molecule has 3 aromatic carbocycles. The van der Waals surface area contributed by atoms with Crippen molar-refractivity contribution in [2.24, 2.45) is 0 Å². The predicted molar refractivity (Wildman–Crippen MR) is 110 cm³/mol. The van der Waals surface area contributed by atoms with E-state index in [1.807, 2.05) is 19.9 Å². The molecule has 0 saturated heterocycles. The van der Waals surface area contributed by atoms with Gasteiger partial charge < -0.3 is 5.11 Å². The predicted octanol–water partition coefficient (Wildman–Crippen LogP) is 4.03. The number of aromatic carboxylic acids is 1. The Kier molecular flexibility index (Phi) is 4.54. The Hall–Kier alpha value is -4.06. The Bertz CT molecular complexity index is 1240. The number of carbonyl (C=O) groups is 4. The lowest BCUT2D eigenvalue weighted by Crippen LogP contribution is -2.30. The Morgan fingerprint density at radius 2 is 1.37 bits per heavy atom. The highest BCUT2D eigenvalue weighted by Crippen LogP contribution is 2.32. The van der Waals surface area contributed by atoms with Crippen LogP contribution >= 0.6 is 0 Å². The molecule has 148 valence electrons. The Morgan fingerprint density at radius 1 is 0.767 bits per heavy atom. The first-order chi connectivity index (χ1) is 14.3. The molecule has 1 heterocycles. The number of carboxylic acids is 1. The molecule has 6 nitrogen and oxygen atoms in total. The summed E-state index contributed by atoms with van der Waals surface area (Å²) >= 11 is 0. The molecule has 6 heteroatoms. The number of carbonyl (C=O) groups excluding carboxylic acids is 3. The van der Waals surface area contributed by atoms with Crippen LogP contribution in [0, 0.1) is 13.8 Å². The van der Waals surface area contributed by atoms with E-state index in [1.54, 1.807) is 12.1 Å². The highest BCUT2D eigenvalue weighted by molar-refractivity contribution is 6.35. The van der Waals surface area contributed by atoms with Gasteiger partial charge >= 0.3 is 5.97 Å². The van der Waals surface area contributed by atoms with E-state index in [9.17, 15) is 19.2 Å². The minimum absolute atomic E-state index is 0.0745. The van der Waals surface area contributed by atoms with Gasteiger partial charge in [0.05, 0.1) is 22.4 Å². The number of hydrogen-bond donors (Lipinski definition) is 1. The van der Waals surface area contributed by atoms with E-state index in [0.29, 0.717) is 11.3 Å². The molecule has 3 aromatic rings. The minimum atomic E-state index is -1.08. The van der Waals surface area contributed by atoms with E-state index in [-0.39, 0.29) is 28.0 Å². The van der Waals surface area contributed by atoms with Crippen molar-refractivity contribution in [3.63, 3.8) is 0 Å². The summed E-state index contributed by atoms with van der Waals surface area (Å²) in [6, 6.07) is 15.4. The van der Waals surface area contributed by atoms with Crippen LogP contribution in [-0.4, -0.2) is 28.7 Å². The van der Waals surface area contributed by atoms with Crippen molar-refractivity contribution < 1.29 is 24.3 Å². The third kappa shape index (κ3) is 2.99. The van der Waals surface area contributed by atoms with E-state index in [1.165, 1.54) is 42.5 Å². The van der Waals surface area contributed by atoms with Gasteiger partial charge in [-0.15, -0.1) is 0 Å². The van der Waals surface area contributed by atoms with E-state index in [2.05, 4.69) is 0 Å². The van der Waals surface area contributed by atoms with Crippen LogP contribution in [0.4, 0.5) is 5.69 Å². The maximum Gasteiger partial charge on any atom is 0.335 e. The molecular formula is C24H17NO5. The number of amides is 2. The van der Waals surface area contributed by atoms with Crippen LogP contribution in [0.1, 0.15) is 58.1 Å². The van der Waals surface area contributed by atoms with Gasteiger partial charge in [0.15, 0.2) is 5.78 Å². The molecule has 0 fully saturated rings. The van der Waals surface area contributed by atoms with Crippen LogP contribution in [-0.2, 0) is 0 Å². The molecule has 1 aliphatic rings. The number of ketones is 1. The largest absolute Gasteiger partial charge is 0.478 e. The van der Waals surface area contributed by atoms with Crippen molar-refractivity contribution in [1.29, 1.82) is 0 Å². The van der Waals surface area contributed by atoms with Crippen LogP contribution in [0.3, 0.4) is 0 Å². The average Bonchev–Trinajstić information content (AvgIpc) is 2.99. The molecule has 4 rings (SSSR count). The number of imide groups is 1. The highest BCUT2D eigenvalue weighted by atomic mass is 16.4. The summed E-state index contributed by atoms with van der Waals surface area (Å²) in [7, 11) is 0. The average molecular weight is 399 g/mol. The van der Waals surface area contributed by atoms with Gasteiger partial charge in [-0.3, -0.25) is 14.4 Å². The molecule has 0 unspecified atom stereocenters. The molecular weight excluding hydrogens is 382 g/mol. The number of fused-ring (bicyclic) bond motifs is 1. The second kappa shape index (κ2) is 7.08. The molecule has 1 N–H and O–H groups in total. The number of anilines is 1. The van der Waals surface area contributed by atoms with Crippen molar-refractivity contribution in [3.05, 3.63) is 99.6 Å². The zero-order valence-corrected chi connectivity index (χ0v) is 16.3. The summed E-state index contributed by atoms with van der Waals surface area (Å²) in [6.07, 6.45) is 0. The Balaban J connectivity index is 1.70. The number of nitrogens with zero attached hydrogens (tertiary/aromatic N) is 1. The van der Waals surface area contributed by atoms with Crippen LogP contribution in [0.5, 0.6) is 0 Å². The maximum absolute atomic E-state index is 13.0. The normalized spacial score (nSPS) is 12.8. The fraction of sp³-hybridized carbons (Fsp3) is 0.0833. The molecule has 0 atom stereocenters. The van der Waals surface area contributed by atoms with Crippen molar-refractivity contribution in [1.82, 2.24) is 0 Å². The second-order valence-corrected chi connectivity index (χ2v) is 7.14. The molecule has 30 heavy (non-hydrogen) atoms. The number of aryl methyl sites for hydroxylation is 1. The smallest absolute Gasteiger partial charge is 0.335 e. The van der Waals surface area contributed by atoms with E-state index in [0.717, 1.165) is 16.0 Å². The zero-order chi connectivity index (χ0) is 21.6. The molecule has 1 aliphatic heterocycles. The maximum atomic E-state index is 13.0. The van der Waals surface area contributed by atoms with Gasteiger partial charge in [0, 0.05) is 11.1 Å². The number of carboxylic acid groups (broad SMARTS) is 1. The van der Waals surface area contributed by atoms with Crippen molar-refractivity contribution >= 4 is 29.3 Å². The molecule has 0 aromatic heterocycles. The third-order valence-electron chi connectivity index (χ3n) is 5.36. The summed E-state index contributed by atoms with van der Waals surface area (Å²) in [6.45, 7) is 3.76. The van der Waals surface area contributed by atoms with Gasteiger partial charge in [0.1, 0.15) is 0 Å². The van der Waals surface area contributed by atoms with Crippen molar-refractivity contribution in [3.8, 4) is 0 Å². The summed E-state index contributed by atoms with van der Waals surface area (Å²) < 4.78 is 0. The van der Waals surface area contributed by atoms with E-state index < -0.39 is 17.8 Å². The first-order valence-corrected chi connectivity index (χ1v) is 9.26. The first-order valence-electron chi connectivity index (χ1n) is 9.26. The van der Waals surface area contributed by atoms with Gasteiger partial charge in [0.2, 0.25) is 0 Å². The standard InChI is InChI=1S/C24H17NO5/c1-13-4-3-5-20(14(13)2)25-22(27)18-11-10-17(12-19(18)23(25)28)21(26)15-6-8-16(9-7-15)24(29)30/h3-12H,1-2H3,(H,29,30). The Labute approximate surface area is 172 Å². The fourth-order valence-corrected chi connectivity index (χ4v) is 3.51. The summed E-state index contributed by atoms with van der Waals surface area (Å²) in [5.41, 5.74) is 3.37. The minimum Gasteiger partial charge on any atom is -0.478 e. The number of hydrogen-bond acceptors (Lipinski definition) is 4. The van der Waals surface area contributed by atoms with Crippen LogP contribution < -0.4 is 4.90 Å². The van der Waals surface area contributed by atoms with Crippen LogP contribution in [0.15, 0.2) is 60.7 Å². The SMILES string of the molecule is Cc1cccc(N2C(=O)c3ccc(C(=O)c4ccc(C(=O)O)cc4)cc3C2=O)c1C. The molecule has 2 amide bonds. The van der Waals surface area contributed by atoms with Gasteiger partial charge in [-0.05, 0) is 55.3 Å². The van der Waals surface area contributed by atoms with Crippen molar-refractivity contribution in [2.45, 2.75) is 13.8 Å². The molecule has 0 radical (unpaired) electrons. The van der Waals surface area contributed by atoms with Gasteiger partial charge in [0.25, 0.3) is 11.8 Å². The van der Waals surface area contributed by atoms with E-state index in [4.69, 9.17) is 5.11 Å². The number of benzene rings is 3. The van der Waals surface area contributed by atoms with Gasteiger partial charge in [-0.25, -0.2) is 9.69 Å². The molecule has 0 bridgehead atoms. The van der Waals surface area contributed by atoms with Crippen molar-refractivity contribution in [2.75, 3.05) is 4.90 Å². The lowest BCUT2D eigenvalue weighted by atomic mass is 9.98. The van der Waals surface area contributed by atoms with E-state index >= 15 is 0 Å². The van der Waals surface area contributed by atoms with Crippen LogP contribution in [0.25, 0.3) is 0 Å². The third-order valence-corrected chi connectivity index (χ3v) is 5.36. The van der Waals surface area contributed by atoms with Crippen LogP contribution in [0.2, 0.25) is 0 Å². The van der Waals surface area contributed by atoms with Gasteiger partial charge in [-0.1, -0.05) is 30.3 Å². The summed E-state index contributed by atoms with van der Waals surface area (Å²) in [5.74, 6) is -2.34. The highest BCUT2D eigenvalue weighted by Gasteiger charge is 2.38. The second-order valence-electron chi connectivity index (χ2n) is 7.14. The van der Waals surface area contributed by atoms with Gasteiger partial charge in [-0.2, -0.15) is 0 Å². The monoisotopic (exact) mass is 399 g/mol. The number of rotatable bonds is 4.